The molecule has 0 amide bonds. The van der Waals surface area contributed by atoms with Gasteiger partial charge in [-0.3, -0.25) is 4.98 Å². The maximum Gasteiger partial charge on any atom is 0.112 e. The highest BCUT2D eigenvalue weighted by atomic mass is 15.1. The van der Waals surface area contributed by atoms with Gasteiger partial charge >= 0.3 is 0 Å². The number of likely N-dealkylation sites (tertiary alicyclic amines) is 1. The van der Waals surface area contributed by atoms with Crippen LogP contribution in [0.2, 0.25) is 0 Å². The number of hydrogen-bond acceptors (Lipinski definition) is 3. The molecule has 21 heavy (non-hydrogen) atoms. The number of nitrogens with zero attached hydrogens (tertiary/aromatic N) is 4. The molecule has 3 rings (SSSR count). The summed E-state index contributed by atoms with van der Waals surface area (Å²) < 4.78 is 2.36. The van der Waals surface area contributed by atoms with E-state index in [1.807, 2.05) is 24.7 Å². The topological polar surface area (TPSA) is 34.0 Å². The highest BCUT2D eigenvalue weighted by Gasteiger charge is 2.23. The van der Waals surface area contributed by atoms with Gasteiger partial charge in [0.2, 0.25) is 0 Å². The Morgan fingerprint density at radius 1 is 1.29 bits per heavy atom. The fourth-order valence-electron chi connectivity index (χ4n) is 3.24. The molecule has 1 aliphatic rings. The van der Waals surface area contributed by atoms with Gasteiger partial charge < -0.3 is 9.47 Å². The molecule has 0 aliphatic carbocycles. The monoisotopic (exact) mass is 284 g/mol. The van der Waals surface area contributed by atoms with Gasteiger partial charge in [0.25, 0.3) is 0 Å². The number of aromatic nitrogens is 3. The van der Waals surface area contributed by atoms with E-state index in [9.17, 15) is 0 Å². The molecule has 112 valence electrons. The Balaban J connectivity index is 1.72. The first kappa shape index (κ1) is 14.3. The van der Waals surface area contributed by atoms with Crippen molar-refractivity contribution in [1.29, 1.82) is 0 Å². The van der Waals surface area contributed by atoms with Crippen LogP contribution >= 0.6 is 0 Å². The molecule has 0 N–H and O–H groups in total. The van der Waals surface area contributed by atoms with Crippen molar-refractivity contribution in [1.82, 2.24) is 19.4 Å². The number of imidazole rings is 1. The standard InChI is InChI=1S/C17H24N4/c1-14(12-15-4-3-7-18-13-15)21-11-8-19-17(21)16-5-9-20(2)10-6-16/h3-4,7-8,11,13-14,16H,5-6,9-10,12H2,1-2H3. The third-order valence-electron chi connectivity index (χ3n) is 4.51. The summed E-state index contributed by atoms with van der Waals surface area (Å²) >= 11 is 0. The minimum atomic E-state index is 0.423. The van der Waals surface area contributed by atoms with Crippen LogP contribution in [0, 0.1) is 0 Å². The first-order valence-corrected chi connectivity index (χ1v) is 7.84. The SMILES string of the molecule is CC(Cc1cccnc1)n1ccnc1C1CCN(C)CC1. The lowest BCUT2D eigenvalue weighted by atomic mass is 9.95. The van der Waals surface area contributed by atoms with Crippen molar-refractivity contribution in [2.45, 2.75) is 38.1 Å². The third kappa shape index (κ3) is 3.32. The average Bonchev–Trinajstić information content (AvgIpc) is 2.98. The maximum absolute atomic E-state index is 4.66. The van der Waals surface area contributed by atoms with E-state index in [1.165, 1.54) is 37.3 Å². The number of hydrogen-bond donors (Lipinski definition) is 0. The average molecular weight is 284 g/mol. The fourth-order valence-corrected chi connectivity index (χ4v) is 3.24. The van der Waals surface area contributed by atoms with Gasteiger partial charge in [0, 0.05) is 36.7 Å². The molecule has 4 heteroatoms. The van der Waals surface area contributed by atoms with E-state index < -0.39 is 0 Å². The van der Waals surface area contributed by atoms with E-state index in [0.717, 1.165) is 6.42 Å². The Kier molecular flexibility index (Phi) is 4.34. The third-order valence-corrected chi connectivity index (χ3v) is 4.51. The predicted molar refractivity (Wildman–Crippen MR) is 84.4 cm³/mol. The van der Waals surface area contributed by atoms with E-state index in [-0.39, 0.29) is 0 Å². The minimum absolute atomic E-state index is 0.423. The van der Waals surface area contributed by atoms with Gasteiger partial charge in [0.05, 0.1) is 0 Å². The molecule has 2 aromatic rings. The summed E-state index contributed by atoms with van der Waals surface area (Å²) in [6, 6.07) is 4.58. The van der Waals surface area contributed by atoms with Gasteiger partial charge in [-0.05, 0) is 58.0 Å². The summed E-state index contributed by atoms with van der Waals surface area (Å²) in [5.41, 5.74) is 1.29. The van der Waals surface area contributed by atoms with Gasteiger partial charge in [0.1, 0.15) is 5.82 Å². The van der Waals surface area contributed by atoms with Crippen molar-refractivity contribution in [2.24, 2.45) is 0 Å². The first-order chi connectivity index (χ1) is 10.2. The summed E-state index contributed by atoms with van der Waals surface area (Å²) in [5.74, 6) is 1.87. The molecule has 1 saturated heterocycles. The number of pyridine rings is 1. The lowest BCUT2D eigenvalue weighted by Gasteiger charge is -2.30. The molecule has 0 saturated carbocycles. The van der Waals surface area contributed by atoms with Gasteiger partial charge in [-0.2, -0.15) is 0 Å². The van der Waals surface area contributed by atoms with Crippen LogP contribution in [0.25, 0.3) is 0 Å². The van der Waals surface area contributed by atoms with E-state index in [0.29, 0.717) is 12.0 Å². The predicted octanol–water partition coefficient (Wildman–Crippen LogP) is 2.89. The van der Waals surface area contributed by atoms with Crippen LogP contribution in [0.5, 0.6) is 0 Å². The van der Waals surface area contributed by atoms with Gasteiger partial charge in [-0.15, -0.1) is 0 Å². The van der Waals surface area contributed by atoms with E-state index in [1.54, 1.807) is 0 Å². The molecule has 0 spiro atoms. The van der Waals surface area contributed by atoms with Gasteiger partial charge in [-0.1, -0.05) is 6.07 Å². The Morgan fingerprint density at radius 3 is 2.81 bits per heavy atom. The Morgan fingerprint density at radius 2 is 2.10 bits per heavy atom. The van der Waals surface area contributed by atoms with Crippen molar-refractivity contribution in [3.05, 3.63) is 48.3 Å². The molecular formula is C17H24N4. The molecule has 0 aromatic carbocycles. The largest absolute Gasteiger partial charge is 0.332 e. The Labute approximate surface area is 126 Å². The van der Waals surface area contributed by atoms with Crippen LogP contribution in [0.1, 0.15) is 43.1 Å². The molecule has 1 atom stereocenters. The highest BCUT2D eigenvalue weighted by Crippen LogP contribution is 2.28. The van der Waals surface area contributed by atoms with E-state index in [4.69, 9.17) is 0 Å². The molecule has 1 unspecified atom stereocenters. The smallest absolute Gasteiger partial charge is 0.112 e. The molecular weight excluding hydrogens is 260 g/mol. The highest BCUT2D eigenvalue weighted by molar-refractivity contribution is 5.11. The van der Waals surface area contributed by atoms with Crippen molar-refractivity contribution < 1.29 is 0 Å². The fraction of sp³-hybridized carbons (Fsp3) is 0.529. The molecule has 2 aromatic heterocycles. The van der Waals surface area contributed by atoms with Gasteiger partial charge in [0.15, 0.2) is 0 Å². The zero-order valence-corrected chi connectivity index (χ0v) is 12.9. The molecule has 4 nitrogen and oxygen atoms in total. The zero-order chi connectivity index (χ0) is 14.7. The molecule has 3 heterocycles. The maximum atomic E-state index is 4.66. The van der Waals surface area contributed by atoms with Gasteiger partial charge in [-0.25, -0.2) is 4.98 Å². The Hall–Kier alpha value is -1.68. The van der Waals surface area contributed by atoms with Crippen LogP contribution in [0.15, 0.2) is 36.9 Å². The van der Waals surface area contributed by atoms with E-state index >= 15 is 0 Å². The van der Waals surface area contributed by atoms with Crippen LogP contribution in [0.4, 0.5) is 0 Å². The van der Waals surface area contributed by atoms with Crippen LogP contribution in [-0.4, -0.2) is 39.6 Å². The molecule has 0 bridgehead atoms. The van der Waals surface area contributed by atoms with Crippen LogP contribution in [-0.2, 0) is 6.42 Å². The molecule has 1 fully saturated rings. The summed E-state index contributed by atoms with van der Waals surface area (Å²) in [5, 5.41) is 0. The Bertz CT molecular complexity index is 555. The second kappa shape index (κ2) is 6.39. The van der Waals surface area contributed by atoms with Crippen LogP contribution in [0.3, 0.4) is 0 Å². The summed E-state index contributed by atoms with van der Waals surface area (Å²) in [7, 11) is 2.20. The lowest BCUT2D eigenvalue weighted by molar-refractivity contribution is 0.247. The number of rotatable bonds is 4. The lowest BCUT2D eigenvalue weighted by Crippen LogP contribution is -2.30. The summed E-state index contributed by atoms with van der Waals surface area (Å²) in [6.45, 7) is 4.62. The first-order valence-electron chi connectivity index (χ1n) is 7.84. The molecule has 0 radical (unpaired) electrons. The zero-order valence-electron chi connectivity index (χ0n) is 12.9. The van der Waals surface area contributed by atoms with Crippen LogP contribution < -0.4 is 0 Å². The second-order valence-corrected chi connectivity index (χ2v) is 6.18. The minimum Gasteiger partial charge on any atom is -0.332 e. The number of piperidine rings is 1. The second-order valence-electron chi connectivity index (χ2n) is 6.18. The van der Waals surface area contributed by atoms with Crippen molar-refractivity contribution in [3.8, 4) is 0 Å². The van der Waals surface area contributed by atoms with Crippen molar-refractivity contribution >= 4 is 0 Å². The molecule has 1 aliphatic heterocycles. The summed E-state index contributed by atoms with van der Waals surface area (Å²) in [4.78, 5) is 11.3. The van der Waals surface area contributed by atoms with Crippen molar-refractivity contribution in [3.63, 3.8) is 0 Å². The van der Waals surface area contributed by atoms with E-state index in [2.05, 4.69) is 45.7 Å². The quantitative estimate of drug-likeness (QED) is 0.865. The summed E-state index contributed by atoms with van der Waals surface area (Å²) in [6.07, 6.45) is 11.3. The van der Waals surface area contributed by atoms with Crippen molar-refractivity contribution in [2.75, 3.05) is 20.1 Å². The normalized spacial score (nSPS) is 18.8.